The standard InChI is InChI=1S/C18H17BrN2OS/c1-12-10-15(19)11-13(2)17(12)21-18(23)20-16(22)9-8-14-6-4-3-5-7-14/h3-11H,1-2H3,(H2,20,21,22,23)/b9-8+. The van der Waals surface area contributed by atoms with Gasteiger partial charge in [0.05, 0.1) is 0 Å². The molecule has 118 valence electrons. The van der Waals surface area contributed by atoms with E-state index in [4.69, 9.17) is 12.2 Å². The number of thiocarbonyl (C=S) groups is 1. The number of rotatable bonds is 3. The Balaban J connectivity index is 1.97. The maximum atomic E-state index is 11.9. The lowest BCUT2D eigenvalue weighted by molar-refractivity contribution is -0.115. The van der Waals surface area contributed by atoms with E-state index in [9.17, 15) is 4.79 Å². The van der Waals surface area contributed by atoms with Gasteiger partial charge in [0.25, 0.3) is 0 Å². The lowest BCUT2D eigenvalue weighted by atomic mass is 10.1. The number of hydrogen-bond acceptors (Lipinski definition) is 2. The molecule has 0 spiro atoms. The number of halogens is 1. The van der Waals surface area contributed by atoms with Gasteiger partial charge in [-0.3, -0.25) is 10.1 Å². The molecule has 2 rings (SSSR count). The fourth-order valence-corrected chi connectivity index (χ4v) is 3.03. The number of nitrogens with one attached hydrogen (secondary N) is 2. The maximum Gasteiger partial charge on any atom is 0.250 e. The van der Waals surface area contributed by atoms with E-state index in [-0.39, 0.29) is 11.0 Å². The van der Waals surface area contributed by atoms with Gasteiger partial charge in [-0.05, 0) is 61.0 Å². The van der Waals surface area contributed by atoms with Crippen LogP contribution in [0.5, 0.6) is 0 Å². The Morgan fingerprint density at radius 3 is 2.35 bits per heavy atom. The monoisotopic (exact) mass is 388 g/mol. The SMILES string of the molecule is Cc1cc(Br)cc(C)c1NC(=S)NC(=O)/C=C/c1ccccc1. The van der Waals surface area contributed by atoms with Crippen LogP contribution >= 0.6 is 28.1 Å². The first-order chi connectivity index (χ1) is 11.0. The molecule has 0 saturated heterocycles. The number of carbonyl (C=O) groups excluding carboxylic acids is 1. The van der Waals surface area contributed by atoms with Crippen LogP contribution in [0.1, 0.15) is 16.7 Å². The molecule has 2 aromatic carbocycles. The van der Waals surface area contributed by atoms with Gasteiger partial charge in [0.1, 0.15) is 0 Å². The normalized spacial score (nSPS) is 10.6. The van der Waals surface area contributed by atoms with Crippen molar-refractivity contribution in [2.24, 2.45) is 0 Å². The summed E-state index contributed by atoms with van der Waals surface area (Å²) in [7, 11) is 0. The molecule has 5 heteroatoms. The highest BCUT2D eigenvalue weighted by Gasteiger charge is 2.07. The van der Waals surface area contributed by atoms with Gasteiger partial charge >= 0.3 is 0 Å². The molecular formula is C18H17BrN2OS. The molecule has 0 bridgehead atoms. The molecule has 0 aliphatic rings. The quantitative estimate of drug-likeness (QED) is 0.596. The van der Waals surface area contributed by atoms with E-state index >= 15 is 0 Å². The van der Waals surface area contributed by atoms with Crippen molar-refractivity contribution in [3.05, 3.63) is 69.7 Å². The molecule has 0 saturated carbocycles. The fraction of sp³-hybridized carbons (Fsp3) is 0.111. The second-order valence-corrected chi connectivity index (χ2v) is 6.43. The van der Waals surface area contributed by atoms with Crippen molar-refractivity contribution in [2.75, 3.05) is 5.32 Å². The highest BCUT2D eigenvalue weighted by molar-refractivity contribution is 9.10. The molecule has 1 amide bonds. The van der Waals surface area contributed by atoms with Crippen molar-refractivity contribution < 1.29 is 4.79 Å². The molecule has 0 atom stereocenters. The van der Waals surface area contributed by atoms with Crippen LogP contribution in [0.2, 0.25) is 0 Å². The first-order valence-corrected chi connectivity index (χ1v) is 8.27. The zero-order chi connectivity index (χ0) is 16.8. The van der Waals surface area contributed by atoms with Crippen molar-refractivity contribution in [1.82, 2.24) is 5.32 Å². The van der Waals surface area contributed by atoms with Crippen LogP contribution in [0.15, 0.2) is 53.0 Å². The number of hydrogen-bond donors (Lipinski definition) is 2. The van der Waals surface area contributed by atoms with Gasteiger partial charge in [-0.1, -0.05) is 46.3 Å². The van der Waals surface area contributed by atoms with E-state index < -0.39 is 0 Å². The molecule has 0 radical (unpaired) electrons. The number of benzene rings is 2. The number of aryl methyl sites for hydroxylation is 2. The smallest absolute Gasteiger partial charge is 0.250 e. The number of amides is 1. The van der Waals surface area contributed by atoms with Gasteiger partial charge in [-0.15, -0.1) is 0 Å². The van der Waals surface area contributed by atoms with Gasteiger partial charge in [0, 0.05) is 16.2 Å². The first-order valence-electron chi connectivity index (χ1n) is 7.07. The van der Waals surface area contributed by atoms with Gasteiger partial charge in [0.2, 0.25) is 5.91 Å². The minimum atomic E-state index is -0.265. The molecule has 23 heavy (non-hydrogen) atoms. The largest absolute Gasteiger partial charge is 0.332 e. The topological polar surface area (TPSA) is 41.1 Å². The predicted octanol–water partition coefficient (Wildman–Crippen LogP) is 4.59. The maximum absolute atomic E-state index is 11.9. The summed E-state index contributed by atoms with van der Waals surface area (Å²) in [5.74, 6) is -0.265. The summed E-state index contributed by atoms with van der Waals surface area (Å²) >= 11 is 8.66. The Labute approximate surface area is 149 Å². The highest BCUT2D eigenvalue weighted by Crippen LogP contribution is 2.24. The first kappa shape index (κ1) is 17.4. The third kappa shape index (κ3) is 5.30. The third-order valence-corrected chi connectivity index (χ3v) is 3.86. The van der Waals surface area contributed by atoms with Crippen molar-refractivity contribution >= 4 is 50.9 Å². The number of anilines is 1. The van der Waals surface area contributed by atoms with Gasteiger partial charge in [0.15, 0.2) is 5.11 Å². The minimum absolute atomic E-state index is 0.265. The Bertz CT molecular complexity index is 734. The van der Waals surface area contributed by atoms with Crippen molar-refractivity contribution in [3.8, 4) is 0 Å². The zero-order valence-electron chi connectivity index (χ0n) is 12.9. The molecule has 0 aliphatic heterocycles. The summed E-state index contributed by atoms with van der Waals surface area (Å²) in [6, 6.07) is 13.6. The van der Waals surface area contributed by atoms with Crippen LogP contribution in [0.25, 0.3) is 6.08 Å². The third-order valence-electron chi connectivity index (χ3n) is 3.20. The van der Waals surface area contributed by atoms with Gasteiger partial charge in [-0.2, -0.15) is 0 Å². The lowest BCUT2D eigenvalue weighted by Crippen LogP contribution is -2.33. The molecule has 0 aliphatic carbocycles. The van der Waals surface area contributed by atoms with Crippen molar-refractivity contribution in [3.63, 3.8) is 0 Å². The van der Waals surface area contributed by atoms with Crippen LogP contribution in [-0.2, 0) is 4.79 Å². The lowest BCUT2D eigenvalue weighted by Gasteiger charge is -2.14. The van der Waals surface area contributed by atoms with Crippen LogP contribution in [0, 0.1) is 13.8 Å². The van der Waals surface area contributed by atoms with E-state index in [1.807, 2.05) is 56.3 Å². The van der Waals surface area contributed by atoms with Crippen LogP contribution < -0.4 is 10.6 Å². The second kappa shape index (κ2) is 8.04. The molecule has 0 aromatic heterocycles. The zero-order valence-corrected chi connectivity index (χ0v) is 15.3. The summed E-state index contributed by atoms with van der Waals surface area (Å²) in [6.07, 6.45) is 3.21. The predicted molar refractivity (Wildman–Crippen MR) is 103 cm³/mol. The average Bonchev–Trinajstić information content (AvgIpc) is 2.50. The van der Waals surface area contributed by atoms with Crippen LogP contribution in [0.3, 0.4) is 0 Å². The highest BCUT2D eigenvalue weighted by atomic mass is 79.9. The van der Waals surface area contributed by atoms with Gasteiger partial charge in [-0.25, -0.2) is 0 Å². The molecule has 2 N–H and O–H groups in total. The van der Waals surface area contributed by atoms with Gasteiger partial charge < -0.3 is 5.32 Å². The Morgan fingerprint density at radius 1 is 1.13 bits per heavy atom. The molecule has 0 fully saturated rings. The van der Waals surface area contributed by atoms with Crippen LogP contribution in [-0.4, -0.2) is 11.0 Å². The van der Waals surface area contributed by atoms with E-state index in [0.717, 1.165) is 26.9 Å². The van der Waals surface area contributed by atoms with E-state index in [1.165, 1.54) is 6.08 Å². The summed E-state index contributed by atoms with van der Waals surface area (Å²) in [5, 5.41) is 6.01. The molecule has 2 aromatic rings. The van der Waals surface area contributed by atoms with Crippen molar-refractivity contribution in [1.29, 1.82) is 0 Å². The van der Waals surface area contributed by atoms with Crippen LogP contribution in [0.4, 0.5) is 5.69 Å². The minimum Gasteiger partial charge on any atom is -0.332 e. The summed E-state index contributed by atoms with van der Waals surface area (Å²) < 4.78 is 1.01. The Kier molecular flexibility index (Phi) is 6.07. The molecule has 3 nitrogen and oxygen atoms in total. The van der Waals surface area contributed by atoms with Crippen molar-refractivity contribution in [2.45, 2.75) is 13.8 Å². The Hall–Kier alpha value is -1.98. The Morgan fingerprint density at radius 2 is 1.74 bits per heavy atom. The fourth-order valence-electron chi connectivity index (χ4n) is 2.14. The summed E-state index contributed by atoms with van der Waals surface area (Å²) in [5.41, 5.74) is 3.97. The van der Waals surface area contributed by atoms with E-state index in [1.54, 1.807) is 6.08 Å². The van der Waals surface area contributed by atoms with E-state index in [2.05, 4.69) is 26.6 Å². The summed E-state index contributed by atoms with van der Waals surface area (Å²) in [4.78, 5) is 11.9. The number of carbonyl (C=O) groups is 1. The summed E-state index contributed by atoms with van der Waals surface area (Å²) in [6.45, 7) is 3.97. The molecule has 0 unspecified atom stereocenters. The second-order valence-electron chi connectivity index (χ2n) is 5.10. The molecular weight excluding hydrogens is 372 g/mol. The van der Waals surface area contributed by atoms with E-state index in [0.29, 0.717) is 0 Å². The average molecular weight is 389 g/mol. The molecule has 0 heterocycles.